The lowest BCUT2D eigenvalue weighted by Crippen LogP contribution is -2.00. The fraction of sp³-hybridized carbons (Fsp3) is 0.118. The van der Waals surface area contributed by atoms with Gasteiger partial charge in [0.15, 0.2) is 5.16 Å². The van der Waals surface area contributed by atoms with Crippen LogP contribution in [0.25, 0.3) is 11.0 Å². The molecule has 0 aliphatic rings. The molecule has 0 saturated carbocycles. The van der Waals surface area contributed by atoms with E-state index in [-0.39, 0.29) is 5.82 Å². The van der Waals surface area contributed by atoms with E-state index in [4.69, 9.17) is 0 Å². The molecule has 0 spiro atoms. The van der Waals surface area contributed by atoms with Gasteiger partial charge in [-0.25, -0.2) is 14.8 Å². The van der Waals surface area contributed by atoms with Crippen molar-refractivity contribution in [3.05, 3.63) is 59.9 Å². The van der Waals surface area contributed by atoms with Crippen molar-refractivity contribution in [2.45, 2.75) is 12.1 Å². The molecule has 5 nitrogen and oxygen atoms in total. The summed E-state index contributed by atoms with van der Waals surface area (Å²) in [4.78, 5) is 17.4. The third-order valence-electron chi connectivity index (χ3n) is 2.84. The first-order chi connectivity index (χ1) is 11.7. The molecule has 0 atom stereocenters. The van der Waals surface area contributed by atoms with Crippen molar-refractivity contribution >= 4 is 35.4 Å². The lowest BCUT2D eigenvalue weighted by molar-refractivity contribution is -0.109. The lowest BCUT2D eigenvalue weighted by Gasteiger charge is -1.91. The molecule has 124 valence electrons. The Bertz CT molecular complexity index is 786. The van der Waals surface area contributed by atoms with Crippen LogP contribution in [-0.2, 0) is 4.79 Å². The number of hydrogen-bond donors (Lipinski definition) is 2. The number of halogens is 1. The highest BCUT2D eigenvalue weighted by atomic mass is 32.2. The normalized spacial score (nSPS) is 10.4. The number of carbonyl (C=O) groups is 1. The third kappa shape index (κ3) is 5.51. The van der Waals surface area contributed by atoms with Gasteiger partial charge in [-0.3, -0.25) is 4.79 Å². The molecule has 2 aromatic carbocycles. The van der Waals surface area contributed by atoms with Crippen LogP contribution in [0.2, 0.25) is 0 Å². The largest absolute Gasteiger partial charge is 0.333 e. The monoisotopic (exact) mass is 344 g/mol. The quantitative estimate of drug-likeness (QED) is 0.322. The number of thioether (sulfide) groups is 1. The molecule has 7 heteroatoms. The predicted octanol–water partition coefficient (Wildman–Crippen LogP) is 3.58. The van der Waals surface area contributed by atoms with E-state index in [1.54, 1.807) is 23.9 Å². The summed E-state index contributed by atoms with van der Waals surface area (Å²) in [7, 11) is 0. The molecule has 1 amide bonds. The predicted molar refractivity (Wildman–Crippen MR) is 95.7 cm³/mol. The van der Waals surface area contributed by atoms with Gasteiger partial charge in [-0.1, -0.05) is 43.0 Å². The van der Waals surface area contributed by atoms with Crippen LogP contribution >= 0.6 is 11.8 Å². The Morgan fingerprint density at radius 1 is 1.29 bits per heavy atom. The second kappa shape index (κ2) is 9.46. The molecule has 0 bridgehead atoms. The van der Waals surface area contributed by atoms with Crippen LogP contribution in [0.15, 0.2) is 58.8 Å². The fourth-order valence-corrected chi connectivity index (χ4v) is 2.48. The van der Waals surface area contributed by atoms with Gasteiger partial charge in [-0.05, 0) is 35.6 Å². The van der Waals surface area contributed by atoms with Crippen LogP contribution in [0.4, 0.5) is 4.39 Å². The Morgan fingerprint density at radius 3 is 2.83 bits per heavy atom. The number of H-pyrrole nitrogens is 1. The molecule has 0 aliphatic carbocycles. The van der Waals surface area contributed by atoms with E-state index in [1.807, 2.05) is 24.3 Å². The molecule has 0 aliphatic heterocycles. The number of hydrogen-bond acceptors (Lipinski definition) is 4. The number of rotatable bonds is 5. The Labute approximate surface area is 143 Å². The number of fused-ring (bicyclic) bond motifs is 1. The van der Waals surface area contributed by atoms with Crippen molar-refractivity contribution in [1.29, 1.82) is 0 Å². The van der Waals surface area contributed by atoms with Gasteiger partial charge in [0.05, 0.1) is 17.2 Å². The molecular formula is C17H17FN4OS. The number of nitrogens with one attached hydrogen (secondary N) is 2. The second-order valence-corrected chi connectivity index (χ2v) is 5.80. The minimum atomic E-state index is -0.329. The molecule has 0 saturated heterocycles. The Balaban J connectivity index is 0.000000174. The van der Waals surface area contributed by atoms with Gasteiger partial charge >= 0.3 is 0 Å². The van der Waals surface area contributed by atoms with Crippen molar-refractivity contribution < 1.29 is 9.18 Å². The molecule has 1 heterocycles. The number of benzene rings is 2. The van der Waals surface area contributed by atoms with Crippen molar-refractivity contribution in [3.63, 3.8) is 0 Å². The van der Waals surface area contributed by atoms with Crippen LogP contribution < -0.4 is 5.43 Å². The zero-order chi connectivity index (χ0) is 17.2. The van der Waals surface area contributed by atoms with Gasteiger partial charge in [0.2, 0.25) is 6.41 Å². The summed E-state index contributed by atoms with van der Waals surface area (Å²) in [6.45, 7) is 2.12. The van der Waals surface area contributed by atoms with E-state index in [1.165, 1.54) is 18.3 Å². The standard InChI is InChI=1S/C9H10N2S.C8H7FN2O/c1-2-12-9-10-7-5-3-4-6-8(7)11-9;9-8-3-1-2-7(4-8)5-10-11-6-12/h3-6H,2H2,1H3,(H,10,11);1-6H,(H,11,12)/b;10-5+. The number of imidazole rings is 1. The number of nitrogens with zero attached hydrogens (tertiary/aromatic N) is 2. The molecule has 1 aromatic heterocycles. The number of para-hydroxylation sites is 2. The Hall–Kier alpha value is -2.67. The third-order valence-corrected chi connectivity index (χ3v) is 3.59. The molecule has 24 heavy (non-hydrogen) atoms. The topological polar surface area (TPSA) is 70.1 Å². The number of carbonyl (C=O) groups excluding carboxylic acids is 1. The smallest absolute Gasteiger partial charge is 0.227 e. The number of aromatic amines is 1. The summed E-state index contributed by atoms with van der Waals surface area (Å²) in [5, 5.41) is 4.50. The average molecular weight is 344 g/mol. The maximum atomic E-state index is 12.5. The minimum absolute atomic E-state index is 0.329. The van der Waals surface area contributed by atoms with E-state index in [9.17, 15) is 9.18 Å². The summed E-state index contributed by atoms with van der Waals surface area (Å²) in [5.74, 6) is 0.727. The van der Waals surface area contributed by atoms with Gasteiger partial charge < -0.3 is 4.98 Å². The summed E-state index contributed by atoms with van der Waals surface area (Å²) in [6.07, 6.45) is 1.80. The first-order valence-electron chi connectivity index (χ1n) is 7.28. The van der Waals surface area contributed by atoms with Gasteiger partial charge in [-0.15, -0.1) is 0 Å². The first-order valence-corrected chi connectivity index (χ1v) is 8.27. The van der Waals surface area contributed by atoms with Crippen LogP contribution in [0.3, 0.4) is 0 Å². The van der Waals surface area contributed by atoms with Crippen LogP contribution in [0.1, 0.15) is 12.5 Å². The highest BCUT2D eigenvalue weighted by molar-refractivity contribution is 7.99. The molecule has 3 rings (SSSR count). The fourth-order valence-electron chi connectivity index (χ4n) is 1.86. The molecule has 2 N–H and O–H groups in total. The van der Waals surface area contributed by atoms with Crippen molar-refractivity contribution in [1.82, 2.24) is 15.4 Å². The molecule has 0 fully saturated rings. The highest BCUT2D eigenvalue weighted by Gasteiger charge is 1.99. The van der Waals surface area contributed by atoms with Crippen molar-refractivity contribution in [2.24, 2.45) is 5.10 Å². The molecule has 3 aromatic rings. The molecule has 0 radical (unpaired) electrons. The number of hydrazone groups is 1. The van der Waals surface area contributed by atoms with E-state index >= 15 is 0 Å². The van der Waals surface area contributed by atoms with Crippen LogP contribution in [0.5, 0.6) is 0 Å². The first kappa shape index (κ1) is 17.7. The van der Waals surface area contributed by atoms with E-state index < -0.39 is 0 Å². The Morgan fingerprint density at radius 2 is 2.12 bits per heavy atom. The Kier molecular flexibility index (Phi) is 6.97. The zero-order valence-electron chi connectivity index (χ0n) is 13.1. The number of amides is 1. The zero-order valence-corrected chi connectivity index (χ0v) is 13.9. The second-order valence-electron chi connectivity index (χ2n) is 4.55. The maximum absolute atomic E-state index is 12.5. The van der Waals surface area contributed by atoms with Gasteiger partial charge in [-0.2, -0.15) is 5.10 Å². The van der Waals surface area contributed by atoms with Crippen molar-refractivity contribution in [2.75, 3.05) is 5.75 Å². The SMILES string of the molecule is CCSc1nc2ccccc2[nH]1.O=CN/N=C/c1cccc(F)c1. The van der Waals surface area contributed by atoms with Gasteiger partial charge in [0.1, 0.15) is 5.82 Å². The van der Waals surface area contributed by atoms with Crippen LogP contribution in [-0.4, -0.2) is 28.3 Å². The molecular weight excluding hydrogens is 327 g/mol. The lowest BCUT2D eigenvalue weighted by atomic mass is 10.2. The summed E-state index contributed by atoms with van der Waals surface area (Å²) < 4.78 is 12.5. The summed E-state index contributed by atoms with van der Waals surface area (Å²) in [5.41, 5.74) is 4.85. The maximum Gasteiger partial charge on any atom is 0.227 e. The van der Waals surface area contributed by atoms with E-state index in [2.05, 4.69) is 27.4 Å². The van der Waals surface area contributed by atoms with Gasteiger partial charge in [0, 0.05) is 0 Å². The minimum Gasteiger partial charge on any atom is -0.333 e. The summed E-state index contributed by atoms with van der Waals surface area (Å²) >= 11 is 1.73. The number of aromatic nitrogens is 2. The molecule has 0 unspecified atom stereocenters. The summed E-state index contributed by atoms with van der Waals surface area (Å²) in [6, 6.07) is 14.0. The van der Waals surface area contributed by atoms with Gasteiger partial charge in [0.25, 0.3) is 0 Å². The van der Waals surface area contributed by atoms with Crippen LogP contribution in [0, 0.1) is 5.82 Å². The van der Waals surface area contributed by atoms with E-state index in [0.29, 0.717) is 12.0 Å². The highest BCUT2D eigenvalue weighted by Crippen LogP contribution is 2.18. The van der Waals surface area contributed by atoms with E-state index in [0.717, 1.165) is 21.9 Å². The average Bonchev–Trinajstić information content (AvgIpc) is 2.99. The van der Waals surface area contributed by atoms with Crippen molar-refractivity contribution in [3.8, 4) is 0 Å².